The number of carbonyl (C=O) groups is 1. The Morgan fingerprint density at radius 2 is 1.77 bits per heavy atom. The third kappa shape index (κ3) is 4.69. The fraction of sp³-hybridized carbons (Fsp3) is 0.261. The molecule has 1 saturated heterocycles. The molecular weight excluding hydrogens is 394 g/mol. The molecule has 0 saturated carbocycles. The molecule has 2 aromatic carbocycles. The van der Waals surface area contributed by atoms with Gasteiger partial charge in [0.2, 0.25) is 0 Å². The monoisotopic (exact) mass is 419 g/mol. The number of ether oxygens (including phenoxy) is 2. The first-order chi connectivity index (χ1) is 15.2. The number of anilines is 3. The fourth-order valence-electron chi connectivity index (χ4n) is 3.63. The third-order valence-electron chi connectivity index (χ3n) is 5.14. The summed E-state index contributed by atoms with van der Waals surface area (Å²) in [5, 5.41) is 5.68. The number of benzene rings is 2. The third-order valence-corrected chi connectivity index (χ3v) is 5.14. The van der Waals surface area contributed by atoms with Gasteiger partial charge in [-0.1, -0.05) is 12.1 Å². The van der Waals surface area contributed by atoms with Crippen molar-refractivity contribution in [2.24, 2.45) is 0 Å². The normalized spacial score (nSPS) is 13.0. The number of nitrogens with one attached hydrogen (secondary N) is 2. The highest BCUT2D eigenvalue weighted by Crippen LogP contribution is 2.31. The molecule has 0 radical (unpaired) electrons. The molecule has 31 heavy (non-hydrogen) atoms. The van der Waals surface area contributed by atoms with Crippen LogP contribution in [-0.4, -0.2) is 43.3 Å². The molecule has 160 valence electrons. The molecule has 2 N–H and O–H groups in total. The minimum Gasteiger partial charge on any atom is -0.497 e. The predicted molar refractivity (Wildman–Crippen MR) is 121 cm³/mol. The van der Waals surface area contributed by atoms with E-state index in [0.717, 1.165) is 43.0 Å². The summed E-state index contributed by atoms with van der Waals surface area (Å²) in [7, 11) is 3.12. The Morgan fingerprint density at radius 1 is 0.968 bits per heavy atom. The molecular formula is C23H25N5O3. The van der Waals surface area contributed by atoms with E-state index in [1.54, 1.807) is 44.8 Å². The van der Waals surface area contributed by atoms with Crippen molar-refractivity contribution in [1.82, 2.24) is 9.97 Å². The largest absolute Gasteiger partial charge is 0.497 e. The molecule has 1 fully saturated rings. The zero-order valence-corrected chi connectivity index (χ0v) is 17.6. The van der Waals surface area contributed by atoms with Gasteiger partial charge in [-0.05, 0) is 37.1 Å². The van der Waals surface area contributed by atoms with E-state index in [2.05, 4.69) is 25.5 Å². The molecule has 8 nitrogen and oxygen atoms in total. The lowest BCUT2D eigenvalue weighted by atomic mass is 10.1. The summed E-state index contributed by atoms with van der Waals surface area (Å²) in [6, 6.07) is 12.4. The number of hydrogen-bond donors (Lipinski definition) is 2. The smallest absolute Gasteiger partial charge is 0.323 e. The Morgan fingerprint density at radius 3 is 2.55 bits per heavy atom. The van der Waals surface area contributed by atoms with Crippen molar-refractivity contribution >= 4 is 23.2 Å². The quantitative estimate of drug-likeness (QED) is 0.615. The fourth-order valence-corrected chi connectivity index (χ4v) is 3.63. The van der Waals surface area contributed by atoms with Crippen LogP contribution < -0.4 is 25.0 Å². The summed E-state index contributed by atoms with van der Waals surface area (Å²) in [6.45, 7) is 1.96. The second-order valence-electron chi connectivity index (χ2n) is 7.15. The van der Waals surface area contributed by atoms with Crippen LogP contribution in [0, 0.1) is 0 Å². The number of hydrogen-bond acceptors (Lipinski definition) is 6. The second-order valence-corrected chi connectivity index (χ2v) is 7.15. The van der Waals surface area contributed by atoms with Crippen LogP contribution in [0.5, 0.6) is 11.5 Å². The van der Waals surface area contributed by atoms with Crippen LogP contribution in [0.2, 0.25) is 0 Å². The number of amides is 2. The van der Waals surface area contributed by atoms with E-state index in [4.69, 9.17) is 9.47 Å². The van der Waals surface area contributed by atoms with E-state index in [-0.39, 0.29) is 6.03 Å². The second kappa shape index (κ2) is 9.34. The van der Waals surface area contributed by atoms with Crippen molar-refractivity contribution in [2.75, 3.05) is 42.8 Å². The molecule has 0 bridgehead atoms. The number of aromatic nitrogens is 2. The average molecular weight is 419 g/mol. The van der Waals surface area contributed by atoms with Gasteiger partial charge in [0.15, 0.2) is 5.82 Å². The predicted octanol–water partition coefficient (Wildman–Crippen LogP) is 4.41. The minimum absolute atomic E-state index is 0.375. The van der Waals surface area contributed by atoms with Gasteiger partial charge in [-0.15, -0.1) is 0 Å². The van der Waals surface area contributed by atoms with Crippen LogP contribution in [-0.2, 0) is 0 Å². The van der Waals surface area contributed by atoms with Crippen LogP contribution in [0.15, 0.2) is 54.9 Å². The van der Waals surface area contributed by atoms with Crippen LogP contribution >= 0.6 is 0 Å². The maximum absolute atomic E-state index is 12.6. The van der Waals surface area contributed by atoms with Crippen molar-refractivity contribution < 1.29 is 14.3 Å². The molecule has 0 atom stereocenters. The summed E-state index contributed by atoms with van der Waals surface area (Å²) in [5.74, 6) is 2.04. The maximum atomic E-state index is 12.6. The molecule has 8 heteroatoms. The number of nitrogens with zero attached hydrogens (tertiary/aromatic N) is 3. The Bertz CT molecular complexity index is 1070. The lowest BCUT2D eigenvalue weighted by Gasteiger charge is -2.19. The summed E-state index contributed by atoms with van der Waals surface area (Å²) < 4.78 is 10.5. The average Bonchev–Trinajstić information content (AvgIpc) is 3.34. The van der Waals surface area contributed by atoms with E-state index in [1.165, 1.54) is 0 Å². The first-order valence-electron chi connectivity index (χ1n) is 10.1. The van der Waals surface area contributed by atoms with Gasteiger partial charge in [0, 0.05) is 42.8 Å². The van der Waals surface area contributed by atoms with Crippen LogP contribution in [0.25, 0.3) is 11.3 Å². The molecule has 0 aliphatic carbocycles. The molecule has 3 aromatic rings. The van der Waals surface area contributed by atoms with E-state index >= 15 is 0 Å². The summed E-state index contributed by atoms with van der Waals surface area (Å²) >= 11 is 0. The Balaban J connectivity index is 1.52. The van der Waals surface area contributed by atoms with Gasteiger partial charge in [-0.25, -0.2) is 9.78 Å². The van der Waals surface area contributed by atoms with Crippen LogP contribution in [0.4, 0.5) is 22.0 Å². The SMILES string of the molecule is COc1ccc(NC(=O)Nc2cccc(-c3nccnc3N3CCCC3)c2)c(OC)c1. The number of carbonyl (C=O) groups excluding carboxylic acids is 1. The topological polar surface area (TPSA) is 88.6 Å². The van der Waals surface area contributed by atoms with Gasteiger partial charge < -0.3 is 25.0 Å². The maximum Gasteiger partial charge on any atom is 0.323 e. The molecule has 1 aliphatic heterocycles. The zero-order valence-electron chi connectivity index (χ0n) is 17.6. The molecule has 4 rings (SSSR count). The lowest BCUT2D eigenvalue weighted by molar-refractivity contribution is 0.262. The summed E-state index contributed by atoms with van der Waals surface area (Å²) in [4.78, 5) is 24.0. The zero-order chi connectivity index (χ0) is 21.6. The molecule has 2 amide bonds. The number of urea groups is 1. The molecule has 1 aromatic heterocycles. The highest BCUT2D eigenvalue weighted by Gasteiger charge is 2.19. The van der Waals surface area contributed by atoms with Crippen LogP contribution in [0.1, 0.15) is 12.8 Å². The van der Waals surface area contributed by atoms with E-state index < -0.39 is 0 Å². The van der Waals surface area contributed by atoms with Gasteiger partial charge >= 0.3 is 6.03 Å². The Labute approximate surface area is 181 Å². The number of methoxy groups -OCH3 is 2. The Hall–Kier alpha value is -3.81. The highest BCUT2D eigenvalue weighted by atomic mass is 16.5. The van der Waals surface area contributed by atoms with Gasteiger partial charge in [-0.3, -0.25) is 4.98 Å². The summed E-state index contributed by atoms with van der Waals surface area (Å²) in [5.41, 5.74) is 2.91. The van der Waals surface area contributed by atoms with Crippen molar-refractivity contribution in [2.45, 2.75) is 12.8 Å². The van der Waals surface area contributed by atoms with Crippen molar-refractivity contribution in [3.05, 3.63) is 54.9 Å². The van der Waals surface area contributed by atoms with E-state index in [1.807, 2.05) is 24.3 Å². The highest BCUT2D eigenvalue weighted by molar-refractivity contribution is 6.01. The molecule has 1 aliphatic rings. The summed E-state index contributed by atoms with van der Waals surface area (Å²) in [6.07, 6.45) is 5.73. The first kappa shape index (κ1) is 20.5. The van der Waals surface area contributed by atoms with Crippen molar-refractivity contribution in [1.29, 1.82) is 0 Å². The number of rotatable bonds is 6. The van der Waals surface area contributed by atoms with E-state index in [0.29, 0.717) is 22.9 Å². The van der Waals surface area contributed by atoms with Gasteiger partial charge in [0.25, 0.3) is 0 Å². The van der Waals surface area contributed by atoms with Gasteiger partial charge in [-0.2, -0.15) is 0 Å². The van der Waals surface area contributed by atoms with Gasteiger partial charge in [0.1, 0.15) is 17.2 Å². The van der Waals surface area contributed by atoms with Crippen LogP contribution in [0.3, 0.4) is 0 Å². The molecule has 0 spiro atoms. The Kier molecular flexibility index (Phi) is 6.16. The minimum atomic E-state index is -0.375. The van der Waals surface area contributed by atoms with Crippen molar-refractivity contribution in [3.8, 4) is 22.8 Å². The standard InChI is InChI=1S/C23H25N5O3/c1-30-18-8-9-19(20(15-18)31-2)27-23(29)26-17-7-5-6-16(14-17)21-22(25-11-10-24-21)28-12-3-4-13-28/h5-11,14-15H,3-4,12-13H2,1-2H3,(H2,26,27,29). The molecule has 2 heterocycles. The van der Waals surface area contributed by atoms with Gasteiger partial charge in [0.05, 0.1) is 19.9 Å². The first-order valence-corrected chi connectivity index (χ1v) is 10.1. The molecule has 0 unspecified atom stereocenters. The van der Waals surface area contributed by atoms with Crippen molar-refractivity contribution in [3.63, 3.8) is 0 Å². The van der Waals surface area contributed by atoms with E-state index in [9.17, 15) is 4.79 Å². The lowest BCUT2D eigenvalue weighted by Crippen LogP contribution is -2.20.